The van der Waals surface area contributed by atoms with E-state index in [4.69, 9.17) is 15.2 Å². The van der Waals surface area contributed by atoms with Crippen molar-refractivity contribution in [1.82, 2.24) is 0 Å². The number of hydrogen-bond donors (Lipinski definition) is 1. The van der Waals surface area contributed by atoms with Gasteiger partial charge in [-0.15, -0.1) is 0 Å². The third-order valence-electron chi connectivity index (χ3n) is 3.71. The highest BCUT2D eigenvalue weighted by Crippen LogP contribution is 2.35. The summed E-state index contributed by atoms with van der Waals surface area (Å²) in [6.45, 7) is 0. The van der Waals surface area contributed by atoms with Crippen molar-refractivity contribution in [3.63, 3.8) is 0 Å². The lowest BCUT2D eigenvalue weighted by Gasteiger charge is -2.23. The molecule has 116 valence electrons. The average molecular weight is 298 g/mol. The number of methoxy groups -OCH3 is 1. The van der Waals surface area contributed by atoms with Crippen molar-refractivity contribution in [3.05, 3.63) is 28.1 Å². The van der Waals surface area contributed by atoms with Gasteiger partial charge in [0.1, 0.15) is 6.10 Å². The highest BCUT2D eigenvalue weighted by atomic mass is 19.1. The second-order valence-corrected chi connectivity index (χ2v) is 5.17. The normalized spacial score (nSPS) is 22.4. The van der Waals surface area contributed by atoms with Gasteiger partial charge in [0.15, 0.2) is 11.6 Å². The monoisotopic (exact) mass is 298 g/mol. The molecule has 2 rings (SSSR count). The summed E-state index contributed by atoms with van der Waals surface area (Å²) in [6.07, 6.45) is 4.30. The molecule has 1 aromatic carbocycles. The van der Waals surface area contributed by atoms with Gasteiger partial charge in [-0.2, -0.15) is 0 Å². The van der Waals surface area contributed by atoms with Gasteiger partial charge in [0.05, 0.1) is 18.1 Å². The van der Waals surface area contributed by atoms with Gasteiger partial charge in [0, 0.05) is 12.1 Å². The quantitative estimate of drug-likeness (QED) is 0.524. The molecule has 0 radical (unpaired) electrons. The van der Waals surface area contributed by atoms with Crippen LogP contribution in [0.4, 0.5) is 10.1 Å². The van der Waals surface area contributed by atoms with E-state index in [9.17, 15) is 14.5 Å². The highest BCUT2D eigenvalue weighted by Gasteiger charge is 2.27. The average Bonchev–Trinajstić information content (AvgIpc) is 2.65. The molecule has 1 fully saturated rings. The van der Waals surface area contributed by atoms with Gasteiger partial charge >= 0.3 is 5.69 Å². The predicted molar refractivity (Wildman–Crippen MR) is 75.1 cm³/mol. The first-order chi connectivity index (χ1) is 10.0. The smallest absolute Gasteiger partial charge is 0.314 e. The molecule has 2 unspecified atom stereocenters. The van der Waals surface area contributed by atoms with Crippen LogP contribution in [0.1, 0.15) is 32.1 Å². The molecule has 21 heavy (non-hydrogen) atoms. The zero-order valence-corrected chi connectivity index (χ0v) is 11.9. The Morgan fingerprint density at radius 1 is 1.29 bits per heavy atom. The SMILES string of the molecule is COc1cc(OC2CCCCCC2N)c([N+](=O)[O-])cc1F. The standard InChI is InChI=1S/C14H19FN2O4/c1-20-13-8-14(11(17(18)19)7-9(13)15)21-12-6-4-2-3-5-10(12)16/h7-8,10,12H,2-6,16H2,1H3. The van der Waals surface area contributed by atoms with Gasteiger partial charge < -0.3 is 15.2 Å². The van der Waals surface area contributed by atoms with Gasteiger partial charge in [-0.05, 0) is 19.3 Å². The van der Waals surface area contributed by atoms with Crippen molar-refractivity contribution in [1.29, 1.82) is 0 Å². The van der Waals surface area contributed by atoms with Crippen LogP contribution in [-0.2, 0) is 0 Å². The summed E-state index contributed by atoms with van der Waals surface area (Å²) in [5.41, 5.74) is 5.64. The molecule has 1 saturated carbocycles. The predicted octanol–water partition coefficient (Wildman–Crippen LogP) is 2.78. The van der Waals surface area contributed by atoms with Crippen molar-refractivity contribution in [2.24, 2.45) is 5.73 Å². The maximum Gasteiger partial charge on any atom is 0.314 e. The molecule has 1 aliphatic carbocycles. The summed E-state index contributed by atoms with van der Waals surface area (Å²) in [4.78, 5) is 10.4. The fourth-order valence-electron chi connectivity index (χ4n) is 2.53. The Morgan fingerprint density at radius 3 is 2.67 bits per heavy atom. The molecular formula is C14H19FN2O4. The Morgan fingerprint density at radius 2 is 2.00 bits per heavy atom. The number of nitrogens with two attached hydrogens (primary N) is 1. The van der Waals surface area contributed by atoms with Gasteiger partial charge in [-0.25, -0.2) is 4.39 Å². The zero-order chi connectivity index (χ0) is 15.4. The van der Waals surface area contributed by atoms with Crippen molar-refractivity contribution in [2.45, 2.75) is 44.2 Å². The molecule has 0 aliphatic heterocycles. The summed E-state index contributed by atoms with van der Waals surface area (Å²) >= 11 is 0. The van der Waals surface area contributed by atoms with E-state index in [2.05, 4.69) is 0 Å². The van der Waals surface area contributed by atoms with E-state index in [-0.39, 0.29) is 23.6 Å². The molecule has 7 heteroatoms. The largest absolute Gasteiger partial charge is 0.494 e. The first-order valence-corrected chi connectivity index (χ1v) is 6.97. The van der Waals surface area contributed by atoms with E-state index in [1.807, 2.05) is 0 Å². The minimum absolute atomic E-state index is 0.000556. The number of benzene rings is 1. The third kappa shape index (κ3) is 3.60. The number of rotatable bonds is 4. The highest BCUT2D eigenvalue weighted by molar-refractivity contribution is 5.51. The minimum Gasteiger partial charge on any atom is -0.494 e. The summed E-state index contributed by atoms with van der Waals surface area (Å²) in [7, 11) is 1.30. The lowest BCUT2D eigenvalue weighted by atomic mass is 10.1. The number of nitro groups is 1. The van der Waals surface area contributed by atoms with E-state index < -0.39 is 16.4 Å². The number of hydrogen-bond acceptors (Lipinski definition) is 5. The second-order valence-electron chi connectivity index (χ2n) is 5.17. The number of nitrogens with zero attached hydrogens (tertiary/aromatic N) is 1. The summed E-state index contributed by atoms with van der Waals surface area (Å²) in [5, 5.41) is 11.1. The van der Waals surface area contributed by atoms with Crippen molar-refractivity contribution in [3.8, 4) is 11.5 Å². The van der Waals surface area contributed by atoms with E-state index >= 15 is 0 Å². The first kappa shape index (κ1) is 15.5. The van der Waals surface area contributed by atoms with Crippen molar-refractivity contribution in [2.75, 3.05) is 7.11 Å². The van der Waals surface area contributed by atoms with Crippen LogP contribution in [0.5, 0.6) is 11.5 Å². The maximum atomic E-state index is 13.6. The van der Waals surface area contributed by atoms with Crippen LogP contribution in [0.15, 0.2) is 12.1 Å². The lowest BCUT2D eigenvalue weighted by Crippen LogP contribution is -2.38. The summed E-state index contributed by atoms with van der Waals surface area (Å²) < 4.78 is 24.2. The molecule has 2 N–H and O–H groups in total. The fraction of sp³-hybridized carbons (Fsp3) is 0.571. The van der Waals surface area contributed by atoms with Crippen molar-refractivity contribution >= 4 is 5.69 Å². The Labute approximate surface area is 122 Å². The number of nitro benzene ring substituents is 1. The molecule has 0 heterocycles. The van der Waals surface area contributed by atoms with E-state index in [1.54, 1.807) is 0 Å². The molecule has 6 nitrogen and oxygen atoms in total. The minimum atomic E-state index is -0.790. The molecule has 0 aromatic heterocycles. The molecule has 0 spiro atoms. The molecule has 1 aliphatic rings. The number of halogens is 1. The van der Waals surface area contributed by atoms with Gasteiger partial charge in [0.2, 0.25) is 5.75 Å². The van der Waals surface area contributed by atoms with Crippen LogP contribution in [0.25, 0.3) is 0 Å². The molecule has 1 aromatic rings. The fourth-order valence-corrected chi connectivity index (χ4v) is 2.53. The molecule has 0 amide bonds. The van der Waals surface area contributed by atoms with Crippen LogP contribution in [0.2, 0.25) is 0 Å². The molecule has 2 atom stereocenters. The van der Waals surface area contributed by atoms with Crippen LogP contribution >= 0.6 is 0 Å². The van der Waals surface area contributed by atoms with Crippen LogP contribution in [-0.4, -0.2) is 24.2 Å². The topological polar surface area (TPSA) is 87.6 Å². The van der Waals surface area contributed by atoms with Crippen LogP contribution < -0.4 is 15.2 Å². The zero-order valence-electron chi connectivity index (χ0n) is 11.9. The Balaban J connectivity index is 2.30. The third-order valence-corrected chi connectivity index (χ3v) is 3.71. The van der Waals surface area contributed by atoms with Gasteiger partial charge in [0.25, 0.3) is 0 Å². The van der Waals surface area contributed by atoms with Crippen molar-refractivity contribution < 1.29 is 18.8 Å². The second kappa shape index (κ2) is 6.71. The first-order valence-electron chi connectivity index (χ1n) is 6.97. The number of ether oxygens (including phenoxy) is 2. The summed E-state index contributed by atoms with van der Waals surface area (Å²) in [5.74, 6) is -0.875. The Bertz CT molecular complexity index is 524. The van der Waals surface area contributed by atoms with Crippen LogP contribution in [0, 0.1) is 15.9 Å². The summed E-state index contributed by atoms with van der Waals surface area (Å²) in [6, 6.07) is 1.85. The van der Waals surface area contributed by atoms with Gasteiger partial charge in [-0.1, -0.05) is 12.8 Å². The molecule has 0 bridgehead atoms. The maximum absolute atomic E-state index is 13.6. The Kier molecular flexibility index (Phi) is 4.95. The Hall–Kier alpha value is -1.89. The lowest BCUT2D eigenvalue weighted by molar-refractivity contribution is -0.386. The molecule has 0 saturated heterocycles. The van der Waals surface area contributed by atoms with Crippen LogP contribution in [0.3, 0.4) is 0 Å². The van der Waals surface area contributed by atoms with E-state index in [0.29, 0.717) is 0 Å². The van der Waals surface area contributed by atoms with E-state index in [1.165, 1.54) is 13.2 Å². The van der Waals surface area contributed by atoms with E-state index in [0.717, 1.165) is 38.2 Å². The van der Waals surface area contributed by atoms with Gasteiger partial charge in [-0.3, -0.25) is 10.1 Å². The molecular weight excluding hydrogens is 279 g/mol.